The molecule has 5 nitrogen and oxygen atoms in total. The van der Waals surface area contributed by atoms with Crippen LogP contribution in [0.15, 0.2) is 53.0 Å². The Balaban J connectivity index is 1.69. The summed E-state index contributed by atoms with van der Waals surface area (Å²) in [5.41, 5.74) is 1.69. The van der Waals surface area contributed by atoms with Crippen molar-refractivity contribution in [3.05, 3.63) is 69.9 Å². The molecule has 0 aliphatic rings. The maximum absolute atomic E-state index is 13.2. The van der Waals surface area contributed by atoms with Gasteiger partial charge in [-0.2, -0.15) is 0 Å². The predicted octanol–water partition coefficient (Wildman–Crippen LogP) is 3.44. The van der Waals surface area contributed by atoms with Crippen LogP contribution in [0, 0.1) is 5.82 Å². The number of amides is 3. The lowest BCUT2D eigenvalue weighted by molar-refractivity contribution is -0.121. The summed E-state index contributed by atoms with van der Waals surface area (Å²) in [4.78, 5) is 25.4. The van der Waals surface area contributed by atoms with Gasteiger partial charge in [0.2, 0.25) is 5.91 Å². The molecule has 0 aromatic heterocycles. The van der Waals surface area contributed by atoms with Gasteiger partial charge in [0, 0.05) is 37.6 Å². The Morgan fingerprint density at radius 3 is 2.58 bits per heavy atom. The van der Waals surface area contributed by atoms with E-state index in [4.69, 9.17) is 0 Å². The zero-order valence-corrected chi connectivity index (χ0v) is 16.1. The largest absolute Gasteiger partial charge is 0.352 e. The molecule has 7 heteroatoms. The molecule has 2 rings (SSSR count). The van der Waals surface area contributed by atoms with E-state index in [-0.39, 0.29) is 37.3 Å². The molecular weight excluding hydrogens is 401 g/mol. The highest BCUT2D eigenvalue weighted by Crippen LogP contribution is 2.17. The van der Waals surface area contributed by atoms with Gasteiger partial charge < -0.3 is 15.5 Å². The fraction of sp³-hybridized carbons (Fsp3) is 0.263. The van der Waals surface area contributed by atoms with Crippen molar-refractivity contribution < 1.29 is 14.0 Å². The first-order valence-corrected chi connectivity index (χ1v) is 8.98. The Bertz CT molecular complexity index is 756. The van der Waals surface area contributed by atoms with Crippen LogP contribution in [0.1, 0.15) is 17.5 Å². The number of benzene rings is 2. The third kappa shape index (κ3) is 6.48. The SMILES string of the molecule is CN(Cc1ccccc1)C(=O)NCCC(=O)NCc1cc(F)ccc1Br. The van der Waals surface area contributed by atoms with Gasteiger partial charge in [0.15, 0.2) is 0 Å². The van der Waals surface area contributed by atoms with Crippen LogP contribution >= 0.6 is 15.9 Å². The Morgan fingerprint density at radius 1 is 1.12 bits per heavy atom. The molecule has 0 aliphatic carbocycles. The molecule has 0 bridgehead atoms. The van der Waals surface area contributed by atoms with Crippen LogP contribution in [-0.2, 0) is 17.9 Å². The Labute approximate surface area is 160 Å². The third-order valence-electron chi connectivity index (χ3n) is 3.72. The van der Waals surface area contributed by atoms with Crippen molar-refractivity contribution in [2.75, 3.05) is 13.6 Å². The predicted molar refractivity (Wildman–Crippen MR) is 102 cm³/mol. The summed E-state index contributed by atoms with van der Waals surface area (Å²) in [5.74, 6) is -0.571. The molecule has 3 amide bonds. The lowest BCUT2D eigenvalue weighted by Gasteiger charge is -2.18. The molecule has 0 fully saturated rings. The minimum Gasteiger partial charge on any atom is -0.352 e. The molecule has 0 saturated carbocycles. The molecule has 0 atom stereocenters. The van der Waals surface area contributed by atoms with Crippen molar-refractivity contribution in [2.24, 2.45) is 0 Å². The van der Waals surface area contributed by atoms with E-state index in [2.05, 4.69) is 26.6 Å². The maximum atomic E-state index is 13.2. The van der Waals surface area contributed by atoms with Gasteiger partial charge in [0.05, 0.1) is 0 Å². The molecule has 2 aromatic rings. The average Bonchev–Trinajstić information content (AvgIpc) is 2.63. The number of rotatable bonds is 7. The van der Waals surface area contributed by atoms with Crippen LogP contribution < -0.4 is 10.6 Å². The van der Waals surface area contributed by atoms with Gasteiger partial charge >= 0.3 is 6.03 Å². The van der Waals surface area contributed by atoms with Gasteiger partial charge in [0.1, 0.15) is 5.82 Å². The van der Waals surface area contributed by atoms with Gasteiger partial charge in [-0.3, -0.25) is 4.79 Å². The normalized spacial score (nSPS) is 10.3. The van der Waals surface area contributed by atoms with Gasteiger partial charge in [0.25, 0.3) is 0 Å². The number of carbonyl (C=O) groups excluding carboxylic acids is 2. The summed E-state index contributed by atoms with van der Waals surface area (Å²) < 4.78 is 13.9. The minimum atomic E-state index is -0.355. The monoisotopic (exact) mass is 421 g/mol. The van der Waals surface area contributed by atoms with Crippen LogP contribution in [0.2, 0.25) is 0 Å². The zero-order valence-electron chi connectivity index (χ0n) is 14.5. The molecular formula is C19H21BrFN3O2. The van der Waals surface area contributed by atoms with Gasteiger partial charge in [-0.1, -0.05) is 46.3 Å². The molecule has 2 N–H and O–H groups in total. The number of nitrogens with one attached hydrogen (secondary N) is 2. The molecule has 138 valence electrons. The van der Waals surface area contributed by atoms with E-state index in [1.165, 1.54) is 12.1 Å². The number of halogens is 2. The minimum absolute atomic E-state index is 0.151. The summed E-state index contributed by atoms with van der Waals surface area (Å²) >= 11 is 3.31. The van der Waals surface area contributed by atoms with Crippen LogP contribution in [0.25, 0.3) is 0 Å². The molecule has 2 aromatic carbocycles. The maximum Gasteiger partial charge on any atom is 0.317 e. The summed E-state index contributed by atoms with van der Waals surface area (Å²) in [6, 6.07) is 13.7. The Morgan fingerprint density at radius 2 is 1.85 bits per heavy atom. The summed E-state index contributed by atoms with van der Waals surface area (Å²) in [5, 5.41) is 5.42. The van der Waals surface area contributed by atoms with E-state index >= 15 is 0 Å². The van der Waals surface area contributed by atoms with Crippen molar-refractivity contribution in [1.29, 1.82) is 0 Å². The van der Waals surface area contributed by atoms with Crippen molar-refractivity contribution in [3.8, 4) is 0 Å². The van der Waals surface area contributed by atoms with Crippen molar-refractivity contribution >= 4 is 27.9 Å². The second-order valence-corrected chi connectivity index (χ2v) is 6.69. The first-order valence-electron chi connectivity index (χ1n) is 8.19. The van der Waals surface area contributed by atoms with E-state index < -0.39 is 0 Å². The molecule has 0 spiro atoms. The van der Waals surface area contributed by atoms with E-state index in [1.54, 1.807) is 18.0 Å². The summed E-state index contributed by atoms with van der Waals surface area (Å²) in [6.45, 7) is 0.944. The zero-order chi connectivity index (χ0) is 18.9. The smallest absolute Gasteiger partial charge is 0.317 e. The quantitative estimate of drug-likeness (QED) is 0.719. The topological polar surface area (TPSA) is 61.4 Å². The van der Waals surface area contributed by atoms with Crippen molar-refractivity contribution in [1.82, 2.24) is 15.5 Å². The first-order chi connectivity index (χ1) is 12.5. The molecule has 26 heavy (non-hydrogen) atoms. The fourth-order valence-electron chi connectivity index (χ4n) is 2.31. The molecule has 0 heterocycles. The van der Waals surface area contributed by atoms with E-state index in [1.807, 2.05) is 30.3 Å². The third-order valence-corrected chi connectivity index (χ3v) is 4.49. The van der Waals surface area contributed by atoms with Gasteiger partial charge in [-0.05, 0) is 29.3 Å². The Kier molecular flexibility index (Phi) is 7.59. The van der Waals surface area contributed by atoms with Crippen LogP contribution in [0.3, 0.4) is 0 Å². The molecule has 0 saturated heterocycles. The number of urea groups is 1. The number of nitrogens with zero attached hydrogens (tertiary/aromatic N) is 1. The highest BCUT2D eigenvalue weighted by Gasteiger charge is 2.10. The number of hydrogen-bond acceptors (Lipinski definition) is 2. The van der Waals surface area contributed by atoms with E-state index in [9.17, 15) is 14.0 Å². The van der Waals surface area contributed by atoms with E-state index in [0.717, 1.165) is 10.0 Å². The van der Waals surface area contributed by atoms with Crippen LogP contribution in [-0.4, -0.2) is 30.4 Å². The second-order valence-electron chi connectivity index (χ2n) is 5.84. The molecule has 0 unspecified atom stereocenters. The lowest BCUT2D eigenvalue weighted by Crippen LogP contribution is -2.38. The molecule has 0 aliphatic heterocycles. The van der Waals surface area contributed by atoms with Crippen molar-refractivity contribution in [3.63, 3.8) is 0 Å². The molecule has 0 radical (unpaired) electrons. The van der Waals surface area contributed by atoms with Crippen molar-refractivity contribution in [2.45, 2.75) is 19.5 Å². The first kappa shape index (κ1) is 19.9. The van der Waals surface area contributed by atoms with Gasteiger partial charge in [-0.15, -0.1) is 0 Å². The highest BCUT2D eigenvalue weighted by atomic mass is 79.9. The second kappa shape index (κ2) is 9.91. The summed E-state index contributed by atoms with van der Waals surface area (Å²) in [6.07, 6.45) is 0.151. The van der Waals surface area contributed by atoms with Gasteiger partial charge in [-0.25, -0.2) is 9.18 Å². The van der Waals surface area contributed by atoms with Crippen LogP contribution in [0.4, 0.5) is 9.18 Å². The summed E-state index contributed by atoms with van der Waals surface area (Å²) in [7, 11) is 1.70. The number of hydrogen-bond donors (Lipinski definition) is 2. The Hall–Kier alpha value is -2.41. The fourth-order valence-corrected chi connectivity index (χ4v) is 2.69. The average molecular weight is 422 g/mol. The standard InChI is InChI=1S/C19H21BrFN3O2/c1-24(13-14-5-3-2-4-6-14)19(26)22-10-9-18(25)23-12-15-11-16(21)7-8-17(15)20/h2-8,11H,9-10,12-13H2,1H3,(H,22,26)(H,23,25). The van der Waals surface area contributed by atoms with E-state index in [0.29, 0.717) is 12.1 Å². The highest BCUT2D eigenvalue weighted by molar-refractivity contribution is 9.10. The number of carbonyl (C=O) groups is 2. The van der Waals surface area contributed by atoms with Crippen LogP contribution in [0.5, 0.6) is 0 Å². The lowest BCUT2D eigenvalue weighted by atomic mass is 10.2.